The molecular formula is C15H18N2O3S. The van der Waals surface area contributed by atoms with E-state index >= 15 is 0 Å². The predicted octanol–water partition coefficient (Wildman–Crippen LogP) is 1.67. The van der Waals surface area contributed by atoms with Crippen LogP contribution in [0.25, 0.3) is 0 Å². The lowest BCUT2D eigenvalue weighted by Crippen LogP contribution is -2.31. The number of methoxy groups -OCH3 is 1. The summed E-state index contributed by atoms with van der Waals surface area (Å²) < 4.78 is 31.8. The summed E-state index contributed by atoms with van der Waals surface area (Å²) in [4.78, 5) is 0.184. The van der Waals surface area contributed by atoms with E-state index in [2.05, 4.69) is 4.72 Å². The summed E-state index contributed by atoms with van der Waals surface area (Å²) >= 11 is 0. The Morgan fingerprint density at radius 1 is 1.10 bits per heavy atom. The summed E-state index contributed by atoms with van der Waals surface area (Å²) in [5.74, 6) is 0.606. The van der Waals surface area contributed by atoms with E-state index in [1.807, 2.05) is 30.3 Å². The molecule has 0 fully saturated rings. The fourth-order valence-corrected chi connectivity index (χ4v) is 2.92. The number of hydrogen-bond donors (Lipinski definition) is 2. The monoisotopic (exact) mass is 306 g/mol. The summed E-state index contributed by atoms with van der Waals surface area (Å²) in [6.07, 6.45) is 0. The Hall–Kier alpha value is -1.89. The fourth-order valence-electron chi connectivity index (χ4n) is 1.86. The number of ether oxygens (including phenoxy) is 1. The minimum Gasteiger partial charge on any atom is -0.497 e. The molecule has 0 amide bonds. The van der Waals surface area contributed by atoms with E-state index in [0.29, 0.717) is 5.75 Å². The van der Waals surface area contributed by atoms with Crippen LogP contribution in [0.1, 0.15) is 11.6 Å². The van der Waals surface area contributed by atoms with Gasteiger partial charge in [0.15, 0.2) is 0 Å². The second-order valence-electron chi connectivity index (χ2n) is 4.54. The van der Waals surface area contributed by atoms with E-state index in [1.54, 1.807) is 12.1 Å². The van der Waals surface area contributed by atoms with Gasteiger partial charge in [0.2, 0.25) is 10.0 Å². The SMILES string of the molecule is COc1ccc(S(=O)(=O)NCC(N)c2ccccc2)cc1. The van der Waals surface area contributed by atoms with Crippen molar-refractivity contribution in [1.82, 2.24) is 4.72 Å². The summed E-state index contributed by atoms with van der Waals surface area (Å²) in [5, 5.41) is 0. The van der Waals surface area contributed by atoms with Gasteiger partial charge in [-0.25, -0.2) is 13.1 Å². The van der Waals surface area contributed by atoms with Crippen LogP contribution in [0.3, 0.4) is 0 Å². The zero-order valence-electron chi connectivity index (χ0n) is 11.7. The van der Waals surface area contributed by atoms with E-state index in [0.717, 1.165) is 5.56 Å². The first kappa shape index (κ1) is 15.5. The summed E-state index contributed by atoms with van der Waals surface area (Å²) in [7, 11) is -2.05. The number of hydrogen-bond acceptors (Lipinski definition) is 4. The van der Waals surface area contributed by atoms with Crippen LogP contribution in [0.15, 0.2) is 59.5 Å². The Morgan fingerprint density at radius 2 is 1.71 bits per heavy atom. The van der Waals surface area contributed by atoms with Crippen LogP contribution in [-0.4, -0.2) is 22.1 Å². The van der Waals surface area contributed by atoms with Crippen LogP contribution in [0.2, 0.25) is 0 Å². The Morgan fingerprint density at radius 3 is 2.29 bits per heavy atom. The van der Waals surface area contributed by atoms with Gasteiger partial charge in [0.05, 0.1) is 12.0 Å². The first-order chi connectivity index (χ1) is 10.0. The minimum absolute atomic E-state index is 0.137. The molecule has 1 unspecified atom stereocenters. The molecule has 0 spiro atoms. The Bertz CT molecular complexity index is 670. The highest BCUT2D eigenvalue weighted by molar-refractivity contribution is 7.89. The molecule has 2 aromatic rings. The third-order valence-electron chi connectivity index (χ3n) is 3.09. The lowest BCUT2D eigenvalue weighted by molar-refractivity contribution is 0.414. The van der Waals surface area contributed by atoms with E-state index < -0.39 is 10.0 Å². The van der Waals surface area contributed by atoms with Gasteiger partial charge in [-0.15, -0.1) is 0 Å². The van der Waals surface area contributed by atoms with Gasteiger partial charge in [0.1, 0.15) is 5.75 Å². The smallest absolute Gasteiger partial charge is 0.240 e. The van der Waals surface area contributed by atoms with Crippen LogP contribution >= 0.6 is 0 Å². The molecule has 112 valence electrons. The van der Waals surface area contributed by atoms with E-state index in [9.17, 15) is 8.42 Å². The molecule has 2 rings (SSSR count). The molecule has 0 aromatic heterocycles. The molecule has 5 nitrogen and oxygen atoms in total. The topological polar surface area (TPSA) is 81.4 Å². The van der Waals surface area contributed by atoms with Crippen LogP contribution in [0.5, 0.6) is 5.75 Å². The summed E-state index contributed by atoms with van der Waals surface area (Å²) in [6.45, 7) is 0.137. The maximum atomic E-state index is 12.2. The second kappa shape index (κ2) is 6.71. The molecule has 6 heteroatoms. The maximum Gasteiger partial charge on any atom is 0.240 e. The van der Waals surface area contributed by atoms with Gasteiger partial charge in [-0.2, -0.15) is 0 Å². The standard InChI is InChI=1S/C15H18N2O3S/c1-20-13-7-9-14(10-8-13)21(18,19)17-11-15(16)12-5-3-2-4-6-12/h2-10,15,17H,11,16H2,1H3. The van der Waals surface area contributed by atoms with E-state index in [-0.39, 0.29) is 17.5 Å². The van der Waals surface area contributed by atoms with Crippen molar-refractivity contribution in [3.8, 4) is 5.75 Å². The zero-order valence-corrected chi connectivity index (χ0v) is 12.5. The highest BCUT2D eigenvalue weighted by Crippen LogP contribution is 2.16. The van der Waals surface area contributed by atoms with Crippen LogP contribution in [0, 0.1) is 0 Å². The highest BCUT2D eigenvalue weighted by Gasteiger charge is 2.16. The van der Waals surface area contributed by atoms with Crippen molar-refractivity contribution in [3.05, 3.63) is 60.2 Å². The highest BCUT2D eigenvalue weighted by atomic mass is 32.2. The van der Waals surface area contributed by atoms with Gasteiger partial charge in [-0.1, -0.05) is 30.3 Å². The lowest BCUT2D eigenvalue weighted by atomic mass is 10.1. The van der Waals surface area contributed by atoms with Crippen molar-refractivity contribution >= 4 is 10.0 Å². The third-order valence-corrected chi connectivity index (χ3v) is 4.53. The lowest BCUT2D eigenvalue weighted by Gasteiger charge is -2.13. The molecule has 0 saturated carbocycles. The molecule has 0 radical (unpaired) electrons. The normalized spacial score (nSPS) is 12.9. The molecule has 0 heterocycles. The van der Waals surface area contributed by atoms with Crippen LogP contribution in [0.4, 0.5) is 0 Å². The molecule has 2 aromatic carbocycles. The van der Waals surface area contributed by atoms with Crippen molar-refractivity contribution in [1.29, 1.82) is 0 Å². The van der Waals surface area contributed by atoms with E-state index in [1.165, 1.54) is 19.2 Å². The number of sulfonamides is 1. The molecule has 21 heavy (non-hydrogen) atoms. The molecule has 0 aliphatic heterocycles. The van der Waals surface area contributed by atoms with Crippen molar-refractivity contribution in [2.75, 3.05) is 13.7 Å². The van der Waals surface area contributed by atoms with Crippen LogP contribution in [-0.2, 0) is 10.0 Å². The first-order valence-corrected chi connectivity index (χ1v) is 7.95. The summed E-state index contributed by atoms with van der Waals surface area (Å²) in [5.41, 5.74) is 6.86. The van der Waals surface area contributed by atoms with Crippen molar-refractivity contribution in [2.24, 2.45) is 5.73 Å². The molecule has 1 atom stereocenters. The van der Waals surface area contributed by atoms with Crippen molar-refractivity contribution in [3.63, 3.8) is 0 Å². The van der Waals surface area contributed by atoms with Gasteiger partial charge in [-0.05, 0) is 29.8 Å². The number of nitrogens with two attached hydrogens (primary N) is 1. The van der Waals surface area contributed by atoms with E-state index in [4.69, 9.17) is 10.5 Å². The summed E-state index contributed by atoms with van der Waals surface area (Å²) in [6, 6.07) is 15.2. The quantitative estimate of drug-likeness (QED) is 0.850. The first-order valence-electron chi connectivity index (χ1n) is 6.47. The molecule has 3 N–H and O–H groups in total. The molecule has 0 saturated heterocycles. The van der Waals surface area contributed by atoms with Gasteiger partial charge in [0.25, 0.3) is 0 Å². The maximum absolute atomic E-state index is 12.2. The molecule has 0 aliphatic carbocycles. The molecular weight excluding hydrogens is 288 g/mol. The third kappa shape index (κ3) is 4.04. The van der Waals surface area contributed by atoms with Gasteiger partial charge >= 0.3 is 0 Å². The fraction of sp³-hybridized carbons (Fsp3) is 0.200. The van der Waals surface area contributed by atoms with Gasteiger partial charge in [0, 0.05) is 12.6 Å². The predicted molar refractivity (Wildman–Crippen MR) is 81.6 cm³/mol. The Labute approximate surface area is 124 Å². The second-order valence-corrected chi connectivity index (χ2v) is 6.31. The number of benzene rings is 2. The Balaban J connectivity index is 2.04. The number of nitrogens with one attached hydrogen (secondary N) is 1. The van der Waals surface area contributed by atoms with Gasteiger partial charge in [-0.3, -0.25) is 0 Å². The molecule has 0 aliphatic rings. The number of rotatable bonds is 6. The average Bonchev–Trinajstić information content (AvgIpc) is 2.53. The average molecular weight is 306 g/mol. The Kier molecular flexibility index (Phi) is 4.95. The van der Waals surface area contributed by atoms with Gasteiger partial charge < -0.3 is 10.5 Å². The zero-order chi connectivity index (χ0) is 15.3. The van der Waals surface area contributed by atoms with Crippen molar-refractivity contribution < 1.29 is 13.2 Å². The molecule has 0 bridgehead atoms. The largest absolute Gasteiger partial charge is 0.497 e. The minimum atomic E-state index is -3.57. The van der Waals surface area contributed by atoms with Crippen molar-refractivity contribution in [2.45, 2.75) is 10.9 Å². The van der Waals surface area contributed by atoms with Crippen LogP contribution < -0.4 is 15.2 Å².